The van der Waals surface area contributed by atoms with Crippen molar-refractivity contribution in [2.45, 2.75) is 50.1 Å². The normalized spacial score (nSPS) is 28.0. The van der Waals surface area contributed by atoms with Crippen molar-refractivity contribution in [3.05, 3.63) is 71.8 Å². The first-order valence-corrected chi connectivity index (χ1v) is 9.78. The molecule has 26 heavy (non-hydrogen) atoms. The summed E-state index contributed by atoms with van der Waals surface area (Å²) in [6.07, 6.45) is 4.40. The second kappa shape index (κ2) is 6.88. The van der Waals surface area contributed by atoms with Gasteiger partial charge in [0.2, 0.25) is 5.91 Å². The zero-order valence-corrected chi connectivity index (χ0v) is 15.4. The largest absolute Gasteiger partial charge is 0.369 e. The van der Waals surface area contributed by atoms with Gasteiger partial charge in [0.15, 0.2) is 0 Å². The van der Waals surface area contributed by atoms with Gasteiger partial charge in [0, 0.05) is 12.1 Å². The van der Waals surface area contributed by atoms with Crippen molar-refractivity contribution in [1.82, 2.24) is 5.32 Å². The third-order valence-electron chi connectivity index (χ3n) is 6.77. The van der Waals surface area contributed by atoms with Gasteiger partial charge in [-0.25, -0.2) is 0 Å². The Morgan fingerprint density at radius 1 is 1.04 bits per heavy atom. The zero-order valence-electron chi connectivity index (χ0n) is 15.4. The maximum Gasteiger partial charge on any atom is 0.232 e. The lowest BCUT2D eigenvalue weighted by atomic mass is 9.68. The number of primary amides is 1. The minimum atomic E-state index is -0.791. The molecule has 3 nitrogen and oxygen atoms in total. The molecule has 136 valence electrons. The fourth-order valence-corrected chi connectivity index (χ4v) is 5.30. The quantitative estimate of drug-likeness (QED) is 0.867. The molecular weight excluding hydrogens is 320 g/mol. The second-order valence-corrected chi connectivity index (χ2v) is 8.11. The van der Waals surface area contributed by atoms with Crippen LogP contribution in [0.3, 0.4) is 0 Å². The van der Waals surface area contributed by atoms with E-state index in [1.165, 1.54) is 12.8 Å². The number of hydrogen-bond donors (Lipinski definition) is 2. The van der Waals surface area contributed by atoms with Crippen molar-refractivity contribution in [1.29, 1.82) is 0 Å². The molecule has 1 heterocycles. The smallest absolute Gasteiger partial charge is 0.232 e. The average molecular weight is 348 g/mol. The van der Waals surface area contributed by atoms with Crippen LogP contribution in [0.5, 0.6) is 0 Å². The number of amides is 1. The van der Waals surface area contributed by atoms with Crippen LogP contribution in [0.25, 0.3) is 0 Å². The predicted molar refractivity (Wildman–Crippen MR) is 105 cm³/mol. The molecule has 3 heteroatoms. The topological polar surface area (TPSA) is 55.1 Å². The summed E-state index contributed by atoms with van der Waals surface area (Å²) in [5.74, 6) is 1.24. The van der Waals surface area contributed by atoms with E-state index in [4.69, 9.17) is 5.73 Å². The number of fused-ring (bicyclic) bond motifs is 2. The van der Waals surface area contributed by atoms with Gasteiger partial charge in [0.05, 0.1) is 0 Å². The van der Waals surface area contributed by atoms with Gasteiger partial charge >= 0.3 is 0 Å². The van der Waals surface area contributed by atoms with Gasteiger partial charge in [0.25, 0.3) is 0 Å². The SMILES string of the molecule is CC1C2CCC1NC(CC(C(N)=O)(c1ccccc1)c1ccccc1)C2. The van der Waals surface area contributed by atoms with Crippen LogP contribution in [0, 0.1) is 11.8 Å². The molecule has 4 atom stereocenters. The maximum absolute atomic E-state index is 12.9. The Morgan fingerprint density at radius 2 is 1.62 bits per heavy atom. The van der Waals surface area contributed by atoms with Crippen LogP contribution in [-0.2, 0) is 10.2 Å². The highest BCUT2D eigenvalue weighted by Crippen LogP contribution is 2.44. The molecule has 2 bridgehead atoms. The number of hydrogen-bond acceptors (Lipinski definition) is 2. The van der Waals surface area contributed by atoms with Crippen LogP contribution >= 0.6 is 0 Å². The van der Waals surface area contributed by atoms with E-state index in [0.29, 0.717) is 12.1 Å². The molecule has 0 radical (unpaired) electrons. The Hall–Kier alpha value is -2.13. The van der Waals surface area contributed by atoms with Crippen LogP contribution in [0.15, 0.2) is 60.7 Å². The molecule has 1 saturated carbocycles. The average Bonchev–Trinajstić information content (AvgIpc) is 2.88. The predicted octanol–water partition coefficient (Wildman–Crippen LogP) is 3.62. The Morgan fingerprint density at radius 3 is 2.12 bits per heavy atom. The number of rotatable bonds is 5. The standard InChI is InChI=1S/C23H28N2O/c1-16-17-12-13-21(16)25-20(14-17)15-23(22(24)26,18-8-4-2-5-9-18)19-10-6-3-7-11-19/h2-11,16-17,20-21,25H,12-15H2,1H3,(H2,24,26). The maximum atomic E-state index is 12.9. The number of nitrogens with one attached hydrogen (secondary N) is 1. The molecule has 3 N–H and O–H groups in total. The molecule has 1 saturated heterocycles. The number of piperidine rings is 1. The highest BCUT2D eigenvalue weighted by atomic mass is 16.1. The van der Waals surface area contributed by atoms with E-state index in [-0.39, 0.29) is 5.91 Å². The molecule has 4 rings (SSSR count). The molecule has 0 spiro atoms. The first-order chi connectivity index (χ1) is 12.6. The van der Waals surface area contributed by atoms with E-state index in [1.54, 1.807) is 0 Å². The molecule has 1 aliphatic carbocycles. The van der Waals surface area contributed by atoms with Gasteiger partial charge in [-0.1, -0.05) is 67.6 Å². The molecule has 2 aliphatic rings. The molecule has 2 fully saturated rings. The van der Waals surface area contributed by atoms with Crippen molar-refractivity contribution < 1.29 is 4.79 Å². The van der Waals surface area contributed by atoms with Crippen LogP contribution in [0.4, 0.5) is 0 Å². The number of carbonyl (C=O) groups is 1. The Balaban J connectivity index is 1.75. The monoisotopic (exact) mass is 348 g/mol. The van der Waals surface area contributed by atoms with Gasteiger partial charge < -0.3 is 11.1 Å². The molecule has 2 aromatic rings. The first kappa shape index (κ1) is 17.3. The van der Waals surface area contributed by atoms with E-state index >= 15 is 0 Å². The van der Waals surface area contributed by atoms with Gasteiger partial charge in [-0.15, -0.1) is 0 Å². The number of benzene rings is 2. The van der Waals surface area contributed by atoms with Crippen molar-refractivity contribution in [2.75, 3.05) is 0 Å². The van der Waals surface area contributed by atoms with Gasteiger partial charge in [0.1, 0.15) is 5.41 Å². The van der Waals surface area contributed by atoms with Crippen LogP contribution in [0.2, 0.25) is 0 Å². The van der Waals surface area contributed by atoms with Crippen LogP contribution < -0.4 is 11.1 Å². The van der Waals surface area contributed by atoms with Gasteiger partial charge in [-0.05, 0) is 48.6 Å². The fourth-order valence-electron chi connectivity index (χ4n) is 5.30. The molecule has 0 aromatic heterocycles. The summed E-state index contributed by atoms with van der Waals surface area (Å²) < 4.78 is 0. The summed E-state index contributed by atoms with van der Waals surface area (Å²) in [7, 11) is 0. The third-order valence-corrected chi connectivity index (χ3v) is 6.77. The van der Waals surface area contributed by atoms with Crippen molar-refractivity contribution in [3.8, 4) is 0 Å². The molecule has 2 aromatic carbocycles. The van der Waals surface area contributed by atoms with Crippen molar-refractivity contribution in [3.63, 3.8) is 0 Å². The van der Waals surface area contributed by atoms with Gasteiger partial charge in [-0.3, -0.25) is 4.79 Å². The van der Waals surface area contributed by atoms with E-state index in [1.807, 2.05) is 60.7 Å². The zero-order chi connectivity index (χ0) is 18.1. The van der Waals surface area contributed by atoms with E-state index in [9.17, 15) is 4.79 Å². The third kappa shape index (κ3) is 2.84. The highest BCUT2D eigenvalue weighted by Gasteiger charge is 2.46. The summed E-state index contributed by atoms with van der Waals surface area (Å²) >= 11 is 0. The summed E-state index contributed by atoms with van der Waals surface area (Å²) in [5.41, 5.74) is 7.29. The molecule has 1 amide bonds. The van der Waals surface area contributed by atoms with Crippen LogP contribution in [0.1, 0.15) is 43.7 Å². The Bertz CT molecular complexity index is 705. The minimum absolute atomic E-state index is 0.261. The number of nitrogens with two attached hydrogens (primary N) is 1. The van der Waals surface area contributed by atoms with Crippen molar-refractivity contribution in [2.24, 2.45) is 17.6 Å². The van der Waals surface area contributed by atoms with Crippen LogP contribution in [-0.4, -0.2) is 18.0 Å². The van der Waals surface area contributed by atoms with E-state index < -0.39 is 5.41 Å². The summed E-state index contributed by atoms with van der Waals surface area (Å²) in [4.78, 5) is 12.9. The number of carbonyl (C=O) groups excluding carboxylic acids is 1. The van der Waals surface area contributed by atoms with E-state index in [2.05, 4.69) is 12.2 Å². The minimum Gasteiger partial charge on any atom is -0.369 e. The fraction of sp³-hybridized carbons (Fsp3) is 0.435. The van der Waals surface area contributed by atoms with Gasteiger partial charge in [-0.2, -0.15) is 0 Å². The summed E-state index contributed by atoms with van der Waals surface area (Å²) in [6, 6.07) is 21.0. The lowest BCUT2D eigenvalue weighted by molar-refractivity contribution is -0.122. The lowest BCUT2D eigenvalue weighted by Crippen LogP contribution is -2.52. The highest BCUT2D eigenvalue weighted by molar-refractivity contribution is 5.90. The van der Waals surface area contributed by atoms with E-state index in [0.717, 1.165) is 35.8 Å². The Kier molecular flexibility index (Phi) is 4.58. The first-order valence-electron chi connectivity index (χ1n) is 9.78. The molecule has 4 unspecified atom stereocenters. The van der Waals surface area contributed by atoms with Crippen molar-refractivity contribution >= 4 is 5.91 Å². The lowest BCUT2D eigenvalue weighted by Gasteiger charge is -2.40. The summed E-state index contributed by atoms with van der Waals surface area (Å²) in [5, 5.41) is 3.84. The molecule has 1 aliphatic heterocycles. The Labute approximate surface area is 156 Å². The molecular formula is C23H28N2O. The second-order valence-electron chi connectivity index (χ2n) is 8.11. The summed E-state index contributed by atoms with van der Waals surface area (Å²) in [6.45, 7) is 2.36.